The molecule has 1 unspecified atom stereocenters. The van der Waals surface area contributed by atoms with E-state index in [1.54, 1.807) is 0 Å². The van der Waals surface area contributed by atoms with E-state index in [4.69, 9.17) is 4.74 Å². The van der Waals surface area contributed by atoms with Gasteiger partial charge < -0.3 is 9.84 Å². The zero-order valence-corrected chi connectivity index (χ0v) is 11.9. The first-order valence-electron chi connectivity index (χ1n) is 7.02. The van der Waals surface area contributed by atoms with Gasteiger partial charge >= 0.3 is 0 Å². The lowest BCUT2D eigenvalue weighted by molar-refractivity contribution is 0.0249. The number of hydrogen-bond donors (Lipinski definition) is 1. The molecule has 0 amide bonds. The quantitative estimate of drug-likeness (QED) is 0.687. The Kier molecular flexibility index (Phi) is 6.98. The minimum absolute atomic E-state index is 0.393. The van der Waals surface area contributed by atoms with Crippen LogP contribution in [0.4, 0.5) is 0 Å². The summed E-state index contributed by atoms with van der Waals surface area (Å²) in [5.41, 5.74) is 2.27. The van der Waals surface area contributed by atoms with E-state index in [1.165, 1.54) is 5.69 Å². The molecule has 104 valence electrons. The summed E-state index contributed by atoms with van der Waals surface area (Å²) in [6.07, 6.45) is 3.57. The second-order valence-corrected chi connectivity index (χ2v) is 4.60. The van der Waals surface area contributed by atoms with Crippen molar-refractivity contribution in [3.63, 3.8) is 0 Å². The Morgan fingerprint density at radius 3 is 2.72 bits per heavy atom. The number of hydrogen-bond acceptors (Lipinski definition) is 3. The van der Waals surface area contributed by atoms with Crippen molar-refractivity contribution in [2.24, 2.45) is 0 Å². The van der Waals surface area contributed by atoms with Crippen molar-refractivity contribution in [1.29, 1.82) is 0 Å². The van der Waals surface area contributed by atoms with Gasteiger partial charge in [0.2, 0.25) is 0 Å². The highest BCUT2D eigenvalue weighted by atomic mass is 16.5. The molecule has 0 aliphatic rings. The van der Waals surface area contributed by atoms with E-state index in [0.717, 1.165) is 38.0 Å². The van der Waals surface area contributed by atoms with E-state index in [0.29, 0.717) is 13.2 Å². The lowest BCUT2D eigenvalue weighted by Crippen LogP contribution is -2.24. The van der Waals surface area contributed by atoms with Crippen molar-refractivity contribution >= 4 is 0 Å². The minimum Gasteiger partial charge on any atom is -0.389 e. The Balaban J connectivity index is 2.42. The molecule has 1 rings (SSSR count). The second kappa shape index (κ2) is 8.27. The van der Waals surface area contributed by atoms with Crippen molar-refractivity contribution in [1.82, 2.24) is 9.78 Å². The summed E-state index contributed by atoms with van der Waals surface area (Å²) in [5, 5.41) is 14.4. The van der Waals surface area contributed by atoms with Gasteiger partial charge in [0.1, 0.15) is 0 Å². The number of rotatable bonds is 9. The van der Waals surface area contributed by atoms with Crippen LogP contribution in [0, 0.1) is 0 Å². The van der Waals surface area contributed by atoms with E-state index in [2.05, 4.69) is 31.9 Å². The molecule has 1 heterocycles. The van der Waals surface area contributed by atoms with Crippen LogP contribution in [0.5, 0.6) is 0 Å². The fourth-order valence-corrected chi connectivity index (χ4v) is 1.85. The summed E-state index contributed by atoms with van der Waals surface area (Å²) in [6, 6.07) is 2.12. The molecular formula is C14H26N2O2. The molecule has 0 saturated carbocycles. The van der Waals surface area contributed by atoms with Crippen molar-refractivity contribution in [2.75, 3.05) is 13.2 Å². The zero-order chi connectivity index (χ0) is 13.4. The number of ether oxygens (including phenoxy) is 1. The van der Waals surface area contributed by atoms with Crippen LogP contribution in [-0.4, -0.2) is 34.2 Å². The topological polar surface area (TPSA) is 47.3 Å². The molecule has 0 aromatic carbocycles. The average Bonchev–Trinajstić information content (AvgIpc) is 2.77. The number of aryl methyl sites for hydroxylation is 2. The van der Waals surface area contributed by atoms with Gasteiger partial charge in [-0.1, -0.05) is 27.2 Å². The lowest BCUT2D eigenvalue weighted by atomic mass is 10.2. The maximum Gasteiger partial charge on any atom is 0.0969 e. The van der Waals surface area contributed by atoms with Gasteiger partial charge in [-0.3, -0.25) is 4.68 Å². The Bertz CT molecular complexity index is 337. The summed E-state index contributed by atoms with van der Waals surface area (Å²) in [5.74, 6) is 0. The Labute approximate surface area is 110 Å². The molecule has 4 nitrogen and oxygen atoms in total. The Morgan fingerprint density at radius 1 is 1.33 bits per heavy atom. The summed E-state index contributed by atoms with van der Waals surface area (Å²) in [7, 11) is 0. The van der Waals surface area contributed by atoms with Crippen LogP contribution < -0.4 is 0 Å². The smallest absolute Gasteiger partial charge is 0.0969 e. The largest absolute Gasteiger partial charge is 0.389 e. The third kappa shape index (κ3) is 4.78. The number of aliphatic hydroxyl groups excluding tert-OH is 1. The van der Waals surface area contributed by atoms with Crippen LogP contribution >= 0.6 is 0 Å². The third-order valence-corrected chi connectivity index (χ3v) is 2.97. The van der Waals surface area contributed by atoms with Crippen LogP contribution in [0.15, 0.2) is 6.07 Å². The standard InChI is InChI=1S/C14H26N2O2/c1-4-7-8-18-11-14(17)10-16-13(6-3)9-12(5-2)15-16/h9,14,17H,4-8,10-11H2,1-3H3. The molecule has 18 heavy (non-hydrogen) atoms. The minimum atomic E-state index is -0.475. The molecule has 0 spiro atoms. The van der Waals surface area contributed by atoms with Crippen LogP contribution in [0.1, 0.15) is 45.0 Å². The Hall–Kier alpha value is -0.870. The zero-order valence-electron chi connectivity index (χ0n) is 11.9. The lowest BCUT2D eigenvalue weighted by Gasteiger charge is -2.13. The number of nitrogens with zero attached hydrogens (tertiary/aromatic N) is 2. The average molecular weight is 254 g/mol. The first kappa shape index (κ1) is 15.2. The highest BCUT2D eigenvalue weighted by Gasteiger charge is 2.10. The van der Waals surface area contributed by atoms with Gasteiger partial charge in [-0.2, -0.15) is 5.10 Å². The molecule has 0 bridgehead atoms. The van der Waals surface area contributed by atoms with Crippen molar-refractivity contribution in [3.8, 4) is 0 Å². The van der Waals surface area contributed by atoms with Crippen molar-refractivity contribution in [2.45, 2.75) is 59.1 Å². The first-order chi connectivity index (χ1) is 8.71. The summed E-state index contributed by atoms with van der Waals surface area (Å²) in [6.45, 7) is 7.98. The van der Waals surface area contributed by atoms with Gasteiger partial charge in [-0.25, -0.2) is 0 Å². The van der Waals surface area contributed by atoms with Gasteiger partial charge in [0.15, 0.2) is 0 Å². The SMILES string of the molecule is CCCCOCC(O)Cn1nc(CC)cc1CC. The van der Waals surface area contributed by atoms with E-state index >= 15 is 0 Å². The summed E-state index contributed by atoms with van der Waals surface area (Å²) >= 11 is 0. The molecule has 1 aromatic heterocycles. The Morgan fingerprint density at radius 2 is 2.11 bits per heavy atom. The summed E-state index contributed by atoms with van der Waals surface area (Å²) < 4.78 is 7.33. The first-order valence-corrected chi connectivity index (χ1v) is 7.02. The van der Waals surface area contributed by atoms with Crippen LogP contribution in [0.25, 0.3) is 0 Å². The fourth-order valence-electron chi connectivity index (χ4n) is 1.85. The van der Waals surface area contributed by atoms with Crippen LogP contribution in [0.2, 0.25) is 0 Å². The van der Waals surface area contributed by atoms with E-state index in [9.17, 15) is 5.11 Å². The number of aliphatic hydroxyl groups is 1. The molecule has 0 saturated heterocycles. The predicted molar refractivity (Wildman–Crippen MR) is 72.7 cm³/mol. The predicted octanol–water partition coefficient (Wildman–Crippen LogP) is 2.19. The molecule has 1 atom stereocenters. The van der Waals surface area contributed by atoms with Gasteiger partial charge in [0.05, 0.1) is 24.9 Å². The summed E-state index contributed by atoms with van der Waals surface area (Å²) in [4.78, 5) is 0. The maximum atomic E-state index is 9.92. The van der Waals surface area contributed by atoms with E-state index < -0.39 is 6.10 Å². The number of aromatic nitrogens is 2. The van der Waals surface area contributed by atoms with Gasteiger partial charge in [0.25, 0.3) is 0 Å². The maximum absolute atomic E-state index is 9.92. The van der Waals surface area contributed by atoms with E-state index in [1.807, 2.05) is 4.68 Å². The highest BCUT2D eigenvalue weighted by Crippen LogP contribution is 2.07. The molecule has 0 fully saturated rings. The molecule has 0 aliphatic carbocycles. The number of unbranched alkanes of at least 4 members (excludes halogenated alkanes) is 1. The highest BCUT2D eigenvalue weighted by molar-refractivity contribution is 5.10. The third-order valence-electron chi connectivity index (χ3n) is 2.97. The van der Waals surface area contributed by atoms with Crippen LogP contribution in [0.3, 0.4) is 0 Å². The molecule has 4 heteroatoms. The van der Waals surface area contributed by atoms with Gasteiger partial charge in [0, 0.05) is 12.3 Å². The molecule has 0 aliphatic heterocycles. The van der Waals surface area contributed by atoms with Crippen LogP contribution in [-0.2, 0) is 24.1 Å². The molecular weight excluding hydrogens is 228 g/mol. The van der Waals surface area contributed by atoms with Crippen molar-refractivity contribution < 1.29 is 9.84 Å². The van der Waals surface area contributed by atoms with Gasteiger partial charge in [-0.15, -0.1) is 0 Å². The van der Waals surface area contributed by atoms with Crippen molar-refractivity contribution in [3.05, 3.63) is 17.5 Å². The second-order valence-electron chi connectivity index (χ2n) is 4.60. The monoisotopic (exact) mass is 254 g/mol. The van der Waals surface area contributed by atoms with Gasteiger partial charge in [-0.05, 0) is 25.3 Å². The normalized spacial score (nSPS) is 12.9. The molecule has 0 radical (unpaired) electrons. The molecule has 1 N–H and O–H groups in total. The molecule has 1 aromatic rings. The van der Waals surface area contributed by atoms with E-state index in [-0.39, 0.29) is 0 Å². The fraction of sp³-hybridized carbons (Fsp3) is 0.786.